The number of nitrogens with one attached hydrogen (secondary N) is 1. The predicted molar refractivity (Wildman–Crippen MR) is 105 cm³/mol. The van der Waals surface area contributed by atoms with E-state index in [1.54, 1.807) is 11.3 Å². The van der Waals surface area contributed by atoms with Crippen LogP contribution < -0.4 is 5.32 Å². The Morgan fingerprint density at radius 1 is 1.31 bits per heavy atom. The summed E-state index contributed by atoms with van der Waals surface area (Å²) in [5, 5.41) is 22.0. The van der Waals surface area contributed by atoms with E-state index in [4.69, 9.17) is 0 Å². The van der Waals surface area contributed by atoms with Crippen molar-refractivity contribution in [3.05, 3.63) is 69.4 Å². The molecule has 4 aromatic rings. The standard InChI is InChI=1S/C19H17N3O2S2/c1-12-15-9-17(18(24)20-16(10-23)13-7-8-25-11-13)26-19(15)22(21-12)14-5-3-2-4-6-14/h2-9,11,16,23H,10H2,1H3,(H,20,24). The van der Waals surface area contributed by atoms with Crippen molar-refractivity contribution in [2.45, 2.75) is 13.0 Å². The van der Waals surface area contributed by atoms with E-state index in [0.29, 0.717) is 4.88 Å². The van der Waals surface area contributed by atoms with Gasteiger partial charge in [-0.1, -0.05) is 18.2 Å². The normalized spacial score (nSPS) is 12.4. The molecule has 4 rings (SSSR count). The summed E-state index contributed by atoms with van der Waals surface area (Å²) in [5.41, 5.74) is 2.76. The maximum absolute atomic E-state index is 12.7. The van der Waals surface area contributed by atoms with Crippen molar-refractivity contribution in [2.24, 2.45) is 0 Å². The first-order valence-electron chi connectivity index (χ1n) is 8.16. The lowest BCUT2D eigenvalue weighted by molar-refractivity contribution is 0.0920. The van der Waals surface area contributed by atoms with Crippen LogP contribution in [0, 0.1) is 6.92 Å². The van der Waals surface area contributed by atoms with Gasteiger partial charge in [0.1, 0.15) is 4.83 Å². The zero-order valence-corrected chi connectivity index (χ0v) is 15.7. The second kappa shape index (κ2) is 7.03. The molecule has 7 heteroatoms. The number of para-hydroxylation sites is 1. The van der Waals surface area contributed by atoms with Crippen molar-refractivity contribution < 1.29 is 9.90 Å². The van der Waals surface area contributed by atoms with Gasteiger partial charge in [-0.3, -0.25) is 4.79 Å². The molecule has 0 bridgehead atoms. The molecule has 1 unspecified atom stereocenters. The van der Waals surface area contributed by atoms with Crippen molar-refractivity contribution in [1.29, 1.82) is 0 Å². The van der Waals surface area contributed by atoms with Crippen LogP contribution in [-0.4, -0.2) is 27.4 Å². The Morgan fingerprint density at radius 2 is 2.12 bits per heavy atom. The SMILES string of the molecule is Cc1nn(-c2ccccc2)c2sc(C(=O)NC(CO)c3ccsc3)cc12. The van der Waals surface area contributed by atoms with Gasteiger partial charge in [-0.15, -0.1) is 11.3 Å². The molecule has 1 aromatic carbocycles. The first-order chi connectivity index (χ1) is 12.7. The minimum Gasteiger partial charge on any atom is -0.394 e. The highest BCUT2D eigenvalue weighted by atomic mass is 32.1. The van der Waals surface area contributed by atoms with Crippen molar-refractivity contribution in [1.82, 2.24) is 15.1 Å². The van der Waals surface area contributed by atoms with Crippen molar-refractivity contribution in [3.63, 3.8) is 0 Å². The summed E-state index contributed by atoms with van der Waals surface area (Å²) in [7, 11) is 0. The van der Waals surface area contributed by atoms with E-state index in [1.165, 1.54) is 11.3 Å². The third kappa shape index (κ3) is 3.05. The molecule has 0 aliphatic rings. The van der Waals surface area contributed by atoms with Crippen LogP contribution in [-0.2, 0) is 0 Å². The largest absolute Gasteiger partial charge is 0.394 e. The second-order valence-corrected chi connectivity index (χ2v) is 7.74. The van der Waals surface area contributed by atoms with E-state index in [9.17, 15) is 9.90 Å². The van der Waals surface area contributed by atoms with Gasteiger partial charge in [0.15, 0.2) is 0 Å². The average Bonchev–Trinajstić information content (AvgIpc) is 3.39. The molecule has 0 fully saturated rings. The van der Waals surface area contributed by atoms with Gasteiger partial charge in [-0.05, 0) is 47.5 Å². The van der Waals surface area contributed by atoms with Crippen molar-refractivity contribution in [3.8, 4) is 5.69 Å². The average molecular weight is 383 g/mol. The quantitative estimate of drug-likeness (QED) is 0.549. The molecule has 1 amide bonds. The Labute approximate surface area is 158 Å². The maximum Gasteiger partial charge on any atom is 0.262 e. The summed E-state index contributed by atoms with van der Waals surface area (Å²) in [4.78, 5) is 14.2. The molecule has 26 heavy (non-hydrogen) atoms. The molecule has 0 radical (unpaired) electrons. The van der Waals surface area contributed by atoms with Crippen LogP contribution in [0.5, 0.6) is 0 Å². The zero-order chi connectivity index (χ0) is 18.1. The molecule has 0 saturated carbocycles. The Balaban J connectivity index is 1.66. The third-order valence-electron chi connectivity index (χ3n) is 4.20. The van der Waals surface area contributed by atoms with Gasteiger partial charge in [-0.25, -0.2) is 4.68 Å². The number of nitrogens with zero attached hydrogens (tertiary/aromatic N) is 2. The molecule has 3 aromatic heterocycles. The van der Waals surface area contributed by atoms with Crippen LogP contribution in [0.15, 0.2) is 53.2 Å². The fourth-order valence-electron chi connectivity index (χ4n) is 2.84. The molecule has 5 nitrogen and oxygen atoms in total. The van der Waals surface area contributed by atoms with Crippen LogP contribution in [0.2, 0.25) is 0 Å². The molecule has 0 aliphatic heterocycles. The van der Waals surface area contributed by atoms with Gasteiger partial charge in [0.25, 0.3) is 5.91 Å². The lowest BCUT2D eigenvalue weighted by Gasteiger charge is -2.14. The third-order valence-corrected chi connectivity index (χ3v) is 6.01. The van der Waals surface area contributed by atoms with E-state index in [0.717, 1.165) is 27.2 Å². The highest BCUT2D eigenvalue weighted by Crippen LogP contribution is 2.30. The fraction of sp³-hybridized carbons (Fsp3) is 0.158. The number of fused-ring (bicyclic) bond motifs is 1. The molecule has 132 valence electrons. The number of carbonyl (C=O) groups excluding carboxylic acids is 1. The smallest absolute Gasteiger partial charge is 0.262 e. The monoisotopic (exact) mass is 383 g/mol. The zero-order valence-electron chi connectivity index (χ0n) is 14.0. The van der Waals surface area contributed by atoms with Crippen LogP contribution in [0.3, 0.4) is 0 Å². The fourth-order valence-corrected chi connectivity index (χ4v) is 4.64. The number of amides is 1. The number of hydrogen-bond acceptors (Lipinski definition) is 5. The van der Waals surface area contributed by atoms with Gasteiger partial charge in [0.2, 0.25) is 0 Å². The minimum absolute atomic E-state index is 0.135. The lowest BCUT2D eigenvalue weighted by Crippen LogP contribution is -2.29. The highest BCUT2D eigenvalue weighted by molar-refractivity contribution is 7.20. The van der Waals surface area contributed by atoms with Crippen molar-refractivity contribution >= 4 is 38.8 Å². The van der Waals surface area contributed by atoms with E-state index in [2.05, 4.69) is 10.4 Å². The topological polar surface area (TPSA) is 67.2 Å². The molecule has 3 heterocycles. The van der Waals surface area contributed by atoms with E-state index in [1.807, 2.05) is 64.8 Å². The summed E-state index contributed by atoms with van der Waals surface area (Å²) >= 11 is 2.95. The number of carbonyl (C=O) groups is 1. The van der Waals surface area contributed by atoms with Gasteiger partial charge in [0, 0.05) is 5.39 Å². The number of aliphatic hydroxyl groups excluding tert-OH is 1. The molecular formula is C19H17N3O2S2. The number of aliphatic hydroxyl groups is 1. The van der Waals surface area contributed by atoms with Gasteiger partial charge >= 0.3 is 0 Å². The molecular weight excluding hydrogens is 366 g/mol. The molecule has 1 atom stereocenters. The molecule has 0 spiro atoms. The minimum atomic E-state index is -0.398. The molecule has 0 aliphatic carbocycles. The van der Waals surface area contributed by atoms with Crippen LogP contribution in [0.4, 0.5) is 0 Å². The molecule has 0 saturated heterocycles. The van der Waals surface area contributed by atoms with Gasteiger partial charge in [-0.2, -0.15) is 16.4 Å². The van der Waals surface area contributed by atoms with Crippen LogP contribution in [0.1, 0.15) is 27.0 Å². The summed E-state index contributed by atoms with van der Waals surface area (Å²) in [6.45, 7) is 1.81. The number of thiophene rings is 2. The van der Waals surface area contributed by atoms with E-state index in [-0.39, 0.29) is 12.5 Å². The number of benzene rings is 1. The Bertz CT molecular complexity index is 1040. The molecule has 2 N–H and O–H groups in total. The Hall–Kier alpha value is -2.48. The van der Waals surface area contributed by atoms with Gasteiger partial charge in [0.05, 0.1) is 28.9 Å². The van der Waals surface area contributed by atoms with Gasteiger partial charge < -0.3 is 10.4 Å². The van der Waals surface area contributed by atoms with Crippen LogP contribution >= 0.6 is 22.7 Å². The number of aromatic nitrogens is 2. The lowest BCUT2D eigenvalue weighted by atomic mass is 10.1. The highest BCUT2D eigenvalue weighted by Gasteiger charge is 2.20. The van der Waals surface area contributed by atoms with E-state index < -0.39 is 6.04 Å². The van der Waals surface area contributed by atoms with E-state index >= 15 is 0 Å². The summed E-state index contributed by atoms with van der Waals surface area (Å²) in [5.74, 6) is -0.185. The number of aryl methyl sites for hydroxylation is 1. The maximum atomic E-state index is 12.7. The Morgan fingerprint density at radius 3 is 2.81 bits per heavy atom. The van der Waals surface area contributed by atoms with Crippen LogP contribution in [0.25, 0.3) is 15.9 Å². The first-order valence-corrected chi connectivity index (χ1v) is 9.91. The second-order valence-electron chi connectivity index (χ2n) is 5.93. The first kappa shape index (κ1) is 17.0. The summed E-state index contributed by atoms with van der Waals surface area (Å²) < 4.78 is 1.87. The summed E-state index contributed by atoms with van der Waals surface area (Å²) in [6, 6.07) is 13.3. The van der Waals surface area contributed by atoms with Crippen molar-refractivity contribution in [2.75, 3.05) is 6.61 Å². The number of rotatable bonds is 5. The number of hydrogen-bond donors (Lipinski definition) is 2. The Kier molecular flexibility index (Phi) is 4.58. The predicted octanol–water partition coefficient (Wildman–Crippen LogP) is 3.92. The summed E-state index contributed by atoms with van der Waals surface area (Å²) in [6.07, 6.45) is 0.